The maximum absolute atomic E-state index is 11.3. The Morgan fingerprint density at radius 2 is 2.21 bits per heavy atom. The predicted octanol–water partition coefficient (Wildman–Crippen LogP) is 2.34. The molecule has 24 heavy (non-hydrogen) atoms. The summed E-state index contributed by atoms with van der Waals surface area (Å²) in [6.45, 7) is 6.23. The van der Waals surface area contributed by atoms with Gasteiger partial charge < -0.3 is 4.90 Å². The molecule has 130 valence electrons. The number of pyridine rings is 1. The van der Waals surface area contributed by atoms with Crippen molar-refractivity contribution in [2.45, 2.75) is 45.3 Å². The molecule has 1 atom stereocenters. The molecule has 2 rings (SSSR count). The molecule has 0 N–H and O–H groups in total. The molecule has 8 nitrogen and oxygen atoms in total. The molecular weight excluding hydrogens is 312 g/mol. The van der Waals surface area contributed by atoms with Crippen molar-refractivity contribution < 1.29 is 14.6 Å². The van der Waals surface area contributed by atoms with E-state index in [2.05, 4.69) is 4.98 Å². The van der Waals surface area contributed by atoms with Gasteiger partial charge in [-0.3, -0.25) is 15.0 Å². The van der Waals surface area contributed by atoms with Gasteiger partial charge in [0.15, 0.2) is 0 Å². The van der Waals surface area contributed by atoms with Gasteiger partial charge in [-0.15, -0.1) is 0 Å². The van der Waals surface area contributed by atoms with Crippen LogP contribution in [0.15, 0.2) is 24.0 Å². The van der Waals surface area contributed by atoms with E-state index >= 15 is 0 Å². The Morgan fingerprint density at radius 1 is 1.50 bits per heavy atom. The fourth-order valence-corrected chi connectivity index (χ4v) is 2.66. The van der Waals surface area contributed by atoms with Crippen LogP contribution < -0.4 is 4.90 Å². The van der Waals surface area contributed by atoms with Gasteiger partial charge in [0.05, 0.1) is 10.5 Å². The molecule has 1 aliphatic rings. The van der Waals surface area contributed by atoms with Crippen molar-refractivity contribution in [2.24, 2.45) is 0 Å². The highest BCUT2D eigenvalue weighted by molar-refractivity contribution is 5.58. The summed E-state index contributed by atoms with van der Waals surface area (Å²) in [5.74, 6) is 2.23. The Kier molecular flexibility index (Phi) is 5.21. The SMILES string of the molecule is CN(c1ncccc1[N+](=O)[O-])C1CCN(OC(C)(C)C)C(=C=O)C1. The molecule has 0 aliphatic carbocycles. The van der Waals surface area contributed by atoms with Crippen molar-refractivity contribution in [1.82, 2.24) is 10.0 Å². The molecule has 2 heterocycles. The van der Waals surface area contributed by atoms with Gasteiger partial charge in [-0.05, 0) is 33.3 Å². The lowest BCUT2D eigenvalue weighted by Crippen LogP contribution is -2.45. The first-order chi connectivity index (χ1) is 11.2. The molecule has 8 heteroatoms. The summed E-state index contributed by atoms with van der Waals surface area (Å²) in [6, 6.07) is 2.87. The van der Waals surface area contributed by atoms with Gasteiger partial charge >= 0.3 is 5.69 Å². The van der Waals surface area contributed by atoms with E-state index in [1.807, 2.05) is 26.7 Å². The molecule has 1 aromatic heterocycles. The predicted molar refractivity (Wildman–Crippen MR) is 89.1 cm³/mol. The van der Waals surface area contributed by atoms with Gasteiger partial charge in [-0.25, -0.2) is 14.8 Å². The van der Waals surface area contributed by atoms with Gasteiger partial charge in [0, 0.05) is 38.3 Å². The van der Waals surface area contributed by atoms with E-state index in [-0.39, 0.29) is 11.7 Å². The third kappa shape index (κ3) is 4.10. The molecule has 0 amide bonds. The molecule has 1 aliphatic heterocycles. The van der Waals surface area contributed by atoms with Crippen LogP contribution in [0.2, 0.25) is 0 Å². The van der Waals surface area contributed by atoms with E-state index in [1.165, 1.54) is 18.3 Å². The molecule has 0 spiro atoms. The standard InChI is InChI=1S/C16H22N4O4/c1-16(2,3)24-19-9-7-12(10-13(19)11-21)18(4)15-14(20(22)23)6-5-8-17-15/h5-6,8,12H,7,9-10H2,1-4H3. The molecule has 1 aromatic rings. The van der Waals surface area contributed by atoms with Crippen LogP contribution in [0.1, 0.15) is 33.6 Å². The number of nitro groups is 1. The first-order valence-corrected chi connectivity index (χ1v) is 7.76. The molecule has 0 bridgehead atoms. The van der Waals surface area contributed by atoms with Gasteiger partial charge in [-0.1, -0.05) is 0 Å². The second-order valence-corrected chi connectivity index (χ2v) is 6.72. The van der Waals surface area contributed by atoms with Gasteiger partial charge in [0.2, 0.25) is 5.82 Å². The Bertz CT molecular complexity index is 664. The number of aromatic nitrogens is 1. The van der Waals surface area contributed by atoms with E-state index in [1.54, 1.807) is 17.0 Å². The number of hydrogen-bond acceptors (Lipinski definition) is 7. The van der Waals surface area contributed by atoms with Crippen LogP contribution >= 0.6 is 0 Å². The number of rotatable bonds is 4. The van der Waals surface area contributed by atoms with Crippen molar-refractivity contribution in [3.63, 3.8) is 0 Å². The van der Waals surface area contributed by atoms with Crippen LogP contribution in [0, 0.1) is 10.1 Å². The highest BCUT2D eigenvalue weighted by Gasteiger charge is 2.32. The Morgan fingerprint density at radius 3 is 2.79 bits per heavy atom. The summed E-state index contributed by atoms with van der Waals surface area (Å²) >= 11 is 0. The highest BCUT2D eigenvalue weighted by Crippen LogP contribution is 2.31. The minimum absolute atomic E-state index is 0.0509. The summed E-state index contributed by atoms with van der Waals surface area (Å²) in [6.07, 6.45) is 2.60. The van der Waals surface area contributed by atoms with Gasteiger partial charge in [0.1, 0.15) is 11.6 Å². The highest BCUT2D eigenvalue weighted by atomic mass is 16.7. The average Bonchev–Trinajstić information content (AvgIpc) is 2.53. The fourth-order valence-electron chi connectivity index (χ4n) is 2.66. The first-order valence-electron chi connectivity index (χ1n) is 7.76. The number of piperidine rings is 1. The summed E-state index contributed by atoms with van der Waals surface area (Å²) in [5, 5.41) is 12.8. The van der Waals surface area contributed by atoms with E-state index in [0.29, 0.717) is 30.9 Å². The average molecular weight is 334 g/mol. The quantitative estimate of drug-likeness (QED) is 0.474. The maximum Gasteiger partial charge on any atom is 0.311 e. The van der Waals surface area contributed by atoms with Crippen LogP contribution in [0.4, 0.5) is 11.5 Å². The number of hydrogen-bond donors (Lipinski definition) is 0. The largest absolute Gasteiger partial charge is 0.350 e. The Labute approximate surface area is 140 Å². The van der Waals surface area contributed by atoms with Crippen molar-refractivity contribution in [3.05, 3.63) is 34.1 Å². The zero-order valence-corrected chi connectivity index (χ0v) is 14.4. The van der Waals surface area contributed by atoms with E-state index in [9.17, 15) is 14.9 Å². The minimum Gasteiger partial charge on any atom is -0.350 e. The van der Waals surface area contributed by atoms with Crippen LogP contribution in [0.5, 0.6) is 0 Å². The number of hydroxylamine groups is 2. The molecule has 1 saturated heterocycles. The van der Waals surface area contributed by atoms with Crippen molar-refractivity contribution in [3.8, 4) is 0 Å². The third-order valence-corrected chi connectivity index (χ3v) is 3.74. The monoisotopic (exact) mass is 334 g/mol. The van der Waals surface area contributed by atoms with Crippen molar-refractivity contribution in [1.29, 1.82) is 0 Å². The molecule has 0 aromatic carbocycles. The van der Waals surface area contributed by atoms with E-state index in [0.717, 1.165) is 0 Å². The first kappa shape index (κ1) is 17.9. The van der Waals surface area contributed by atoms with Crippen molar-refractivity contribution >= 4 is 17.4 Å². The second kappa shape index (κ2) is 6.98. The third-order valence-electron chi connectivity index (χ3n) is 3.74. The van der Waals surface area contributed by atoms with Crippen molar-refractivity contribution in [2.75, 3.05) is 18.5 Å². The summed E-state index contributed by atoms with van der Waals surface area (Å²) in [4.78, 5) is 33.7. The lowest BCUT2D eigenvalue weighted by atomic mass is 10.0. The topological polar surface area (TPSA) is 88.8 Å². The van der Waals surface area contributed by atoms with E-state index in [4.69, 9.17) is 4.84 Å². The Hall–Kier alpha value is -2.44. The van der Waals surface area contributed by atoms with Crippen LogP contribution in [0.3, 0.4) is 0 Å². The molecule has 0 saturated carbocycles. The van der Waals surface area contributed by atoms with Gasteiger partial charge in [0.25, 0.3) is 0 Å². The zero-order valence-electron chi connectivity index (χ0n) is 14.4. The lowest BCUT2D eigenvalue weighted by Gasteiger charge is -2.39. The van der Waals surface area contributed by atoms with E-state index < -0.39 is 10.5 Å². The summed E-state index contributed by atoms with van der Waals surface area (Å²) in [7, 11) is 1.75. The molecule has 1 fully saturated rings. The zero-order chi connectivity index (χ0) is 17.9. The van der Waals surface area contributed by atoms with Gasteiger partial charge in [-0.2, -0.15) is 0 Å². The smallest absolute Gasteiger partial charge is 0.311 e. The Balaban J connectivity index is 2.18. The van der Waals surface area contributed by atoms with Crippen LogP contribution in [-0.2, 0) is 9.63 Å². The van der Waals surface area contributed by atoms with Crippen LogP contribution in [-0.4, -0.2) is 46.1 Å². The molecule has 0 radical (unpaired) electrons. The number of nitrogens with zero attached hydrogens (tertiary/aromatic N) is 4. The normalized spacial score (nSPS) is 18.2. The summed E-state index contributed by atoms with van der Waals surface area (Å²) < 4.78 is 0. The number of carbonyl (C=O) groups excluding carboxylic acids is 1. The molecule has 1 unspecified atom stereocenters. The maximum atomic E-state index is 11.3. The van der Waals surface area contributed by atoms with Crippen LogP contribution in [0.25, 0.3) is 0 Å². The fraction of sp³-hybridized carbons (Fsp3) is 0.562. The second-order valence-electron chi connectivity index (χ2n) is 6.72. The minimum atomic E-state index is -0.451. The summed E-state index contributed by atoms with van der Waals surface area (Å²) in [5.41, 5.74) is -0.0581. The lowest BCUT2D eigenvalue weighted by molar-refractivity contribution is -0.384. The number of anilines is 1. The molecular formula is C16H22N4O4.